The number of nitrogens with one attached hydrogen (secondary N) is 1. The smallest absolute Gasteiger partial charge is 0.240 e. The second kappa shape index (κ2) is 11.7. The van der Waals surface area contributed by atoms with Crippen LogP contribution in [-0.2, 0) is 4.79 Å². The summed E-state index contributed by atoms with van der Waals surface area (Å²) in [6, 6.07) is 6.97. The maximum atomic E-state index is 11.8. The Bertz CT molecular complexity index is 498. The lowest BCUT2D eigenvalue weighted by atomic mass is 10.1. The lowest BCUT2D eigenvalue weighted by Gasteiger charge is -2.05. The number of nitrogens with zero attached hydrogens (tertiary/aromatic N) is 1. The zero-order chi connectivity index (χ0) is 16.9. The summed E-state index contributed by atoms with van der Waals surface area (Å²) in [5.74, 6) is 0.108. The van der Waals surface area contributed by atoms with E-state index in [0.717, 1.165) is 12.8 Å². The van der Waals surface area contributed by atoms with Crippen LogP contribution in [0.15, 0.2) is 29.4 Å². The van der Waals surface area contributed by atoms with Gasteiger partial charge in [0.25, 0.3) is 0 Å². The van der Waals surface area contributed by atoms with Gasteiger partial charge in [-0.3, -0.25) is 4.79 Å². The predicted molar refractivity (Wildman–Crippen MR) is 95.7 cm³/mol. The molecule has 0 radical (unpaired) electrons. The first kappa shape index (κ1) is 19.2. The number of benzene rings is 1. The van der Waals surface area contributed by atoms with Crippen LogP contribution in [0.25, 0.3) is 0 Å². The molecule has 0 spiro atoms. The Balaban J connectivity index is 2.17. The first-order valence-corrected chi connectivity index (χ1v) is 8.76. The molecular weight excluding hydrogens is 288 g/mol. The van der Waals surface area contributed by atoms with E-state index in [1.165, 1.54) is 38.5 Å². The van der Waals surface area contributed by atoms with Crippen LogP contribution >= 0.6 is 0 Å². The molecule has 0 saturated carbocycles. The number of carbonyl (C=O) groups is 1. The number of rotatable bonds is 11. The highest BCUT2D eigenvalue weighted by Gasteiger charge is 2.04. The van der Waals surface area contributed by atoms with Gasteiger partial charge in [-0.1, -0.05) is 64.0 Å². The Labute approximate surface area is 140 Å². The Morgan fingerprint density at radius 1 is 1.04 bits per heavy atom. The highest BCUT2D eigenvalue weighted by molar-refractivity contribution is 6.01. The maximum absolute atomic E-state index is 11.8. The largest absolute Gasteiger partial charge is 0.507 e. The molecule has 0 fully saturated rings. The van der Waals surface area contributed by atoms with Gasteiger partial charge >= 0.3 is 0 Å². The summed E-state index contributed by atoms with van der Waals surface area (Å²) in [6.07, 6.45) is 10.2. The molecule has 0 bridgehead atoms. The van der Waals surface area contributed by atoms with Crippen molar-refractivity contribution in [3.05, 3.63) is 29.8 Å². The van der Waals surface area contributed by atoms with Gasteiger partial charge in [-0.05, 0) is 25.5 Å². The minimum absolute atomic E-state index is 0.0641. The number of hydrazone groups is 1. The van der Waals surface area contributed by atoms with Crippen molar-refractivity contribution in [2.45, 2.75) is 71.6 Å². The molecule has 1 aromatic carbocycles. The number of amides is 1. The summed E-state index contributed by atoms with van der Waals surface area (Å²) in [7, 11) is 0. The fourth-order valence-corrected chi connectivity index (χ4v) is 2.46. The third-order valence-corrected chi connectivity index (χ3v) is 3.90. The van der Waals surface area contributed by atoms with Crippen LogP contribution in [0.5, 0.6) is 5.75 Å². The third kappa shape index (κ3) is 8.38. The fraction of sp³-hybridized carbons (Fsp3) is 0.579. The van der Waals surface area contributed by atoms with Gasteiger partial charge in [0.15, 0.2) is 0 Å². The van der Waals surface area contributed by atoms with Gasteiger partial charge in [0, 0.05) is 12.0 Å². The Hall–Kier alpha value is -1.84. The topological polar surface area (TPSA) is 61.7 Å². The van der Waals surface area contributed by atoms with E-state index in [1.807, 2.05) is 6.07 Å². The fourth-order valence-electron chi connectivity index (χ4n) is 2.46. The van der Waals surface area contributed by atoms with Gasteiger partial charge in [0.05, 0.1) is 5.71 Å². The Kier molecular flexibility index (Phi) is 9.76. The van der Waals surface area contributed by atoms with Gasteiger partial charge in [-0.15, -0.1) is 0 Å². The van der Waals surface area contributed by atoms with E-state index in [4.69, 9.17) is 0 Å². The summed E-state index contributed by atoms with van der Waals surface area (Å²) in [5.41, 5.74) is 3.81. The number of aromatic hydroxyl groups is 1. The molecule has 2 N–H and O–H groups in total. The van der Waals surface area contributed by atoms with E-state index >= 15 is 0 Å². The van der Waals surface area contributed by atoms with Crippen molar-refractivity contribution < 1.29 is 9.90 Å². The number of hydrogen-bond acceptors (Lipinski definition) is 3. The molecule has 0 aliphatic rings. The van der Waals surface area contributed by atoms with Crippen molar-refractivity contribution >= 4 is 11.6 Å². The van der Waals surface area contributed by atoms with Crippen LogP contribution in [0.3, 0.4) is 0 Å². The molecule has 0 heterocycles. The predicted octanol–water partition coefficient (Wildman–Crippen LogP) is 4.76. The van der Waals surface area contributed by atoms with Crippen molar-refractivity contribution in [1.82, 2.24) is 5.43 Å². The zero-order valence-electron chi connectivity index (χ0n) is 14.5. The van der Waals surface area contributed by atoms with Crippen LogP contribution in [0.1, 0.15) is 77.2 Å². The van der Waals surface area contributed by atoms with E-state index in [0.29, 0.717) is 17.7 Å². The van der Waals surface area contributed by atoms with Gasteiger partial charge in [0.1, 0.15) is 5.75 Å². The number of carbonyl (C=O) groups excluding carboxylic acids is 1. The van der Waals surface area contributed by atoms with Crippen molar-refractivity contribution in [2.75, 3.05) is 0 Å². The van der Waals surface area contributed by atoms with Crippen LogP contribution < -0.4 is 5.43 Å². The van der Waals surface area contributed by atoms with Crippen LogP contribution in [-0.4, -0.2) is 16.7 Å². The van der Waals surface area contributed by atoms with E-state index < -0.39 is 0 Å². The molecule has 0 aliphatic heterocycles. The summed E-state index contributed by atoms with van der Waals surface area (Å²) in [6.45, 7) is 3.99. The van der Waals surface area contributed by atoms with Crippen LogP contribution in [0.2, 0.25) is 0 Å². The summed E-state index contributed by atoms with van der Waals surface area (Å²) in [4.78, 5) is 11.8. The third-order valence-electron chi connectivity index (χ3n) is 3.90. The molecule has 0 saturated heterocycles. The van der Waals surface area contributed by atoms with E-state index in [-0.39, 0.29) is 11.7 Å². The van der Waals surface area contributed by atoms with Crippen LogP contribution in [0.4, 0.5) is 0 Å². The molecule has 1 rings (SSSR count). The summed E-state index contributed by atoms with van der Waals surface area (Å²) < 4.78 is 0. The Morgan fingerprint density at radius 3 is 2.30 bits per heavy atom. The molecule has 0 atom stereocenters. The lowest BCUT2D eigenvalue weighted by molar-refractivity contribution is -0.121. The number of phenols is 1. The highest BCUT2D eigenvalue weighted by Crippen LogP contribution is 2.16. The average Bonchev–Trinajstić information content (AvgIpc) is 2.55. The van der Waals surface area contributed by atoms with Crippen molar-refractivity contribution in [3.8, 4) is 5.75 Å². The molecule has 0 aliphatic carbocycles. The average molecular weight is 318 g/mol. The summed E-state index contributed by atoms with van der Waals surface area (Å²) in [5, 5.41) is 13.8. The van der Waals surface area contributed by atoms with Crippen molar-refractivity contribution in [1.29, 1.82) is 0 Å². The van der Waals surface area contributed by atoms with Gasteiger partial charge in [0.2, 0.25) is 5.91 Å². The molecule has 128 valence electrons. The Morgan fingerprint density at radius 2 is 1.65 bits per heavy atom. The van der Waals surface area contributed by atoms with Gasteiger partial charge in [-0.25, -0.2) is 5.43 Å². The maximum Gasteiger partial charge on any atom is 0.240 e. The van der Waals surface area contributed by atoms with E-state index in [2.05, 4.69) is 17.5 Å². The first-order valence-electron chi connectivity index (χ1n) is 8.76. The molecule has 4 heteroatoms. The van der Waals surface area contributed by atoms with Crippen molar-refractivity contribution in [2.24, 2.45) is 5.10 Å². The van der Waals surface area contributed by atoms with E-state index in [1.54, 1.807) is 25.1 Å². The molecule has 1 aromatic rings. The second-order valence-electron chi connectivity index (χ2n) is 5.97. The lowest BCUT2D eigenvalue weighted by Crippen LogP contribution is -2.18. The van der Waals surface area contributed by atoms with Crippen LogP contribution in [0, 0.1) is 0 Å². The number of unbranched alkanes of at least 4 members (excludes halogenated alkanes) is 7. The van der Waals surface area contributed by atoms with Gasteiger partial charge in [-0.2, -0.15) is 5.10 Å². The SMILES string of the molecule is CCCCCCCCCCC(=O)N/N=C(\C)c1ccccc1O. The molecule has 1 amide bonds. The van der Waals surface area contributed by atoms with Crippen molar-refractivity contribution in [3.63, 3.8) is 0 Å². The molecule has 23 heavy (non-hydrogen) atoms. The number of phenolic OH excluding ortho intramolecular Hbond substituents is 1. The van der Waals surface area contributed by atoms with Gasteiger partial charge < -0.3 is 5.11 Å². The molecule has 0 aromatic heterocycles. The second-order valence-corrected chi connectivity index (χ2v) is 5.97. The molecule has 0 unspecified atom stereocenters. The van der Waals surface area contributed by atoms with E-state index in [9.17, 15) is 9.90 Å². The zero-order valence-corrected chi connectivity index (χ0v) is 14.5. The summed E-state index contributed by atoms with van der Waals surface area (Å²) >= 11 is 0. The minimum Gasteiger partial charge on any atom is -0.507 e. The molecular formula is C19H30N2O2. The molecule has 4 nitrogen and oxygen atoms in total. The number of para-hydroxylation sites is 1. The monoisotopic (exact) mass is 318 g/mol. The highest BCUT2D eigenvalue weighted by atomic mass is 16.3. The minimum atomic E-state index is -0.0641. The standard InChI is InChI=1S/C19H30N2O2/c1-3-4-5-6-7-8-9-10-15-19(23)21-20-16(2)17-13-11-12-14-18(17)22/h11-14,22H,3-10,15H2,1-2H3,(H,21,23)/b20-16+. The normalized spacial score (nSPS) is 11.5. The quantitative estimate of drug-likeness (QED) is 0.351. The first-order chi connectivity index (χ1) is 11.1. The number of hydrogen-bond donors (Lipinski definition) is 2.